The van der Waals surface area contributed by atoms with Gasteiger partial charge in [-0.25, -0.2) is 4.68 Å². The van der Waals surface area contributed by atoms with Crippen molar-refractivity contribution in [2.45, 2.75) is 5.54 Å². The minimum atomic E-state index is -0.642. The van der Waals surface area contributed by atoms with Crippen LogP contribution in [0.15, 0.2) is 114 Å². The summed E-state index contributed by atoms with van der Waals surface area (Å²) in [7, 11) is 0. The van der Waals surface area contributed by atoms with Crippen LogP contribution in [0.25, 0.3) is 11.0 Å². The molecule has 0 atom stereocenters. The van der Waals surface area contributed by atoms with Crippen molar-refractivity contribution in [2.75, 3.05) is 0 Å². The van der Waals surface area contributed by atoms with Gasteiger partial charge in [0.15, 0.2) is 4.60 Å². The quantitative estimate of drug-likeness (QED) is 0.320. The second-order valence-corrected chi connectivity index (χ2v) is 7.63. The van der Waals surface area contributed by atoms with Crippen LogP contribution in [0.3, 0.4) is 0 Å². The number of rotatable bonds is 4. The molecule has 2 heterocycles. The van der Waals surface area contributed by atoms with Crippen LogP contribution in [0.1, 0.15) is 16.7 Å². The summed E-state index contributed by atoms with van der Waals surface area (Å²) < 4.78 is 2.83. The lowest BCUT2D eigenvalue weighted by atomic mass is 9.77. The molecule has 0 N–H and O–H groups in total. The molecule has 3 aromatic carbocycles. The molecular formula is C25H18BrN3. The van der Waals surface area contributed by atoms with Crippen LogP contribution >= 0.6 is 15.9 Å². The first kappa shape index (κ1) is 17.8. The van der Waals surface area contributed by atoms with E-state index in [1.54, 1.807) is 6.20 Å². The summed E-state index contributed by atoms with van der Waals surface area (Å²) in [4.78, 5) is 4.57. The topological polar surface area (TPSA) is 30.7 Å². The third kappa shape index (κ3) is 2.79. The molecule has 0 spiro atoms. The van der Waals surface area contributed by atoms with Crippen molar-refractivity contribution >= 4 is 27.0 Å². The fourth-order valence-electron chi connectivity index (χ4n) is 4.08. The van der Waals surface area contributed by atoms with Crippen molar-refractivity contribution in [3.63, 3.8) is 0 Å². The molecule has 0 amide bonds. The van der Waals surface area contributed by atoms with Crippen molar-refractivity contribution < 1.29 is 0 Å². The third-order valence-electron chi connectivity index (χ3n) is 5.29. The predicted octanol–water partition coefficient (Wildman–Crippen LogP) is 6.03. The molecule has 0 unspecified atom stereocenters. The van der Waals surface area contributed by atoms with Crippen molar-refractivity contribution in [3.05, 3.63) is 131 Å². The van der Waals surface area contributed by atoms with Crippen LogP contribution in [0.2, 0.25) is 0 Å². The van der Waals surface area contributed by atoms with Gasteiger partial charge in [-0.3, -0.25) is 4.98 Å². The van der Waals surface area contributed by atoms with Gasteiger partial charge < -0.3 is 0 Å². The fourth-order valence-corrected chi connectivity index (χ4v) is 4.54. The number of benzene rings is 3. The molecule has 0 fully saturated rings. The summed E-state index contributed by atoms with van der Waals surface area (Å²) >= 11 is 3.63. The number of hydrogen-bond acceptors (Lipinski definition) is 2. The maximum Gasteiger partial charge on any atom is 0.154 e. The molecule has 140 valence electrons. The second-order valence-electron chi connectivity index (χ2n) is 6.88. The van der Waals surface area contributed by atoms with E-state index in [1.165, 1.54) is 0 Å². The highest BCUT2D eigenvalue weighted by molar-refractivity contribution is 9.10. The summed E-state index contributed by atoms with van der Waals surface area (Å²) in [6.45, 7) is 0. The van der Waals surface area contributed by atoms with Crippen molar-refractivity contribution in [1.82, 2.24) is 14.8 Å². The predicted molar refractivity (Wildman–Crippen MR) is 120 cm³/mol. The zero-order valence-electron chi connectivity index (χ0n) is 15.6. The van der Waals surface area contributed by atoms with Gasteiger partial charge in [0, 0.05) is 6.20 Å². The Morgan fingerprint density at radius 2 is 1.10 bits per heavy atom. The SMILES string of the molecule is Brc1nn(C(c2ccccc2)(c2ccccc2)c2ccccc2)c2cccnc12. The lowest BCUT2D eigenvalue weighted by molar-refractivity contribution is 0.473. The normalized spacial score (nSPS) is 11.6. The lowest BCUT2D eigenvalue weighted by Gasteiger charge is -2.36. The molecule has 0 saturated heterocycles. The highest BCUT2D eigenvalue weighted by Crippen LogP contribution is 2.42. The Bertz CT molecular complexity index is 1150. The Morgan fingerprint density at radius 3 is 1.59 bits per heavy atom. The second kappa shape index (κ2) is 7.30. The Balaban J connectivity index is 1.99. The zero-order chi connectivity index (χ0) is 19.7. The number of fused-ring (bicyclic) bond motifs is 1. The van der Waals surface area contributed by atoms with Gasteiger partial charge in [-0.15, -0.1) is 0 Å². The highest BCUT2D eigenvalue weighted by atomic mass is 79.9. The zero-order valence-corrected chi connectivity index (χ0v) is 17.2. The molecule has 29 heavy (non-hydrogen) atoms. The molecule has 4 heteroatoms. The van der Waals surface area contributed by atoms with E-state index in [-0.39, 0.29) is 0 Å². The van der Waals surface area contributed by atoms with Crippen molar-refractivity contribution in [1.29, 1.82) is 0 Å². The van der Waals surface area contributed by atoms with E-state index in [9.17, 15) is 0 Å². The molecule has 3 nitrogen and oxygen atoms in total. The summed E-state index contributed by atoms with van der Waals surface area (Å²) in [5.74, 6) is 0. The van der Waals surface area contributed by atoms with E-state index in [4.69, 9.17) is 5.10 Å². The van der Waals surface area contributed by atoms with Gasteiger partial charge >= 0.3 is 0 Å². The van der Waals surface area contributed by atoms with Crippen LogP contribution in [-0.4, -0.2) is 14.8 Å². The molecule has 0 aliphatic carbocycles. The minimum absolute atomic E-state index is 0.642. The smallest absolute Gasteiger partial charge is 0.154 e. The van der Waals surface area contributed by atoms with Gasteiger partial charge in [0.25, 0.3) is 0 Å². The first-order valence-electron chi connectivity index (χ1n) is 9.48. The minimum Gasteiger partial charge on any atom is -0.252 e. The number of halogens is 1. The molecular weight excluding hydrogens is 422 g/mol. The van der Waals surface area contributed by atoms with Crippen LogP contribution < -0.4 is 0 Å². The molecule has 0 bridgehead atoms. The summed E-state index contributed by atoms with van der Waals surface area (Å²) in [6, 6.07) is 35.6. The van der Waals surface area contributed by atoms with Crippen LogP contribution in [0.4, 0.5) is 0 Å². The van der Waals surface area contributed by atoms with Crippen molar-refractivity contribution in [3.8, 4) is 0 Å². The first-order chi connectivity index (χ1) is 14.3. The van der Waals surface area contributed by atoms with Crippen LogP contribution in [-0.2, 0) is 5.54 Å². The molecule has 0 aliphatic rings. The molecule has 5 rings (SSSR count). The summed E-state index contributed by atoms with van der Waals surface area (Å²) in [5.41, 5.74) is 4.59. The Labute approximate surface area is 177 Å². The fraction of sp³-hybridized carbons (Fsp3) is 0.0400. The Kier molecular flexibility index (Phi) is 4.49. The van der Waals surface area contributed by atoms with Gasteiger partial charge in [-0.05, 0) is 44.8 Å². The van der Waals surface area contributed by atoms with Gasteiger partial charge in [0.05, 0.1) is 5.52 Å². The molecule has 2 aromatic heterocycles. The number of hydrogen-bond donors (Lipinski definition) is 0. The Hall–Kier alpha value is -3.24. The standard InChI is InChI=1S/C25H18BrN3/c26-24-23-22(17-10-18-27-23)29(28-24)25(19-11-4-1-5-12-19,20-13-6-2-7-14-20)21-15-8-3-9-16-21/h1-18H. The van der Waals surface area contributed by atoms with E-state index in [0.717, 1.165) is 32.3 Å². The van der Waals surface area contributed by atoms with Crippen molar-refractivity contribution in [2.24, 2.45) is 0 Å². The van der Waals surface area contributed by atoms with Gasteiger partial charge in [-0.1, -0.05) is 91.0 Å². The molecule has 0 radical (unpaired) electrons. The third-order valence-corrected chi connectivity index (χ3v) is 5.82. The van der Waals surface area contributed by atoms with Gasteiger partial charge in [-0.2, -0.15) is 5.10 Å². The van der Waals surface area contributed by atoms with Crippen LogP contribution in [0.5, 0.6) is 0 Å². The van der Waals surface area contributed by atoms with Gasteiger partial charge in [0.2, 0.25) is 0 Å². The van der Waals surface area contributed by atoms with E-state index in [2.05, 4.69) is 104 Å². The van der Waals surface area contributed by atoms with E-state index < -0.39 is 5.54 Å². The monoisotopic (exact) mass is 439 g/mol. The first-order valence-corrected chi connectivity index (χ1v) is 10.3. The van der Waals surface area contributed by atoms with Gasteiger partial charge in [0.1, 0.15) is 11.1 Å². The summed E-state index contributed by atoms with van der Waals surface area (Å²) in [5, 5.41) is 4.96. The lowest BCUT2D eigenvalue weighted by Crippen LogP contribution is -2.38. The number of nitrogens with zero attached hydrogens (tertiary/aromatic N) is 3. The maximum atomic E-state index is 4.96. The van der Waals surface area contributed by atoms with Crippen LogP contribution in [0, 0.1) is 0 Å². The largest absolute Gasteiger partial charge is 0.252 e. The van der Waals surface area contributed by atoms with E-state index >= 15 is 0 Å². The average molecular weight is 440 g/mol. The molecule has 0 aliphatic heterocycles. The molecule has 0 saturated carbocycles. The maximum absolute atomic E-state index is 4.96. The average Bonchev–Trinajstić information content (AvgIpc) is 3.14. The highest BCUT2D eigenvalue weighted by Gasteiger charge is 2.40. The van der Waals surface area contributed by atoms with E-state index in [1.807, 2.05) is 24.3 Å². The Morgan fingerprint density at radius 1 is 0.621 bits per heavy atom. The number of aromatic nitrogens is 3. The van der Waals surface area contributed by atoms with E-state index in [0.29, 0.717) is 0 Å². The number of pyridine rings is 1. The summed E-state index contributed by atoms with van der Waals surface area (Å²) in [6.07, 6.45) is 1.80. The molecule has 5 aromatic rings.